The highest BCUT2D eigenvalue weighted by molar-refractivity contribution is 5.74. The Labute approximate surface area is 170 Å². The van der Waals surface area contributed by atoms with Gasteiger partial charge in [-0.3, -0.25) is 4.98 Å². The van der Waals surface area contributed by atoms with Crippen LogP contribution in [0.2, 0.25) is 0 Å². The molecule has 2 amide bonds. The molecule has 0 bridgehead atoms. The fourth-order valence-electron chi connectivity index (χ4n) is 3.51. The molecule has 7 heteroatoms. The molecule has 3 aromatic rings. The monoisotopic (exact) mass is 391 g/mol. The standard InChI is InChI=1S/C22H25N5O2/c1-2-16-6-8-17(9-7-16)15-24-22(28)27-13-10-18(11-14-27)21-25-20(26-29-21)19-5-3-4-12-23-19/h3-9,12,18H,2,10-11,13-15H2,1H3,(H,24,28). The van der Waals surface area contributed by atoms with Crippen LogP contribution in [0.3, 0.4) is 0 Å². The topological polar surface area (TPSA) is 84.2 Å². The second-order valence-corrected chi connectivity index (χ2v) is 7.26. The van der Waals surface area contributed by atoms with Crippen molar-refractivity contribution in [2.24, 2.45) is 0 Å². The van der Waals surface area contributed by atoms with E-state index in [1.165, 1.54) is 5.56 Å². The summed E-state index contributed by atoms with van der Waals surface area (Å²) >= 11 is 0. The van der Waals surface area contributed by atoms with Crippen LogP contribution in [0, 0.1) is 0 Å². The van der Waals surface area contributed by atoms with Gasteiger partial charge in [-0.1, -0.05) is 42.4 Å². The maximum atomic E-state index is 12.5. The van der Waals surface area contributed by atoms with Crippen LogP contribution in [0.5, 0.6) is 0 Å². The van der Waals surface area contributed by atoms with Crippen molar-refractivity contribution in [3.05, 3.63) is 65.7 Å². The zero-order valence-electron chi connectivity index (χ0n) is 16.5. The van der Waals surface area contributed by atoms with E-state index >= 15 is 0 Å². The van der Waals surface area contributed by atoms with Crippen molar-refractivity contribution in [1.82, 2.24) is 25.3 Å². The second kappa shape index (κ2) is 8.86. The van der Waals surface area contributed by atoms with E-state index in [-0.39, 0.29) is 11.9 Å². The first-order valence-corrected chi connectivity index (χ1v) is 10.1. The third-order valence-electron chi connectivity index (χ3n) is 5.34. The van der Waals surface area contributed by atoms with E-state index in [1.807, 2.05) is 23.1 Å². The minimum atomic E-state index is -0.0253. The molecule has 0 radical (unpaired) electrons. The fourth-order valence-corrected chi connectivity index (χ4v) is 3.51. The number of carbonyl (C=O) groups excluding carboxylic acids is 1. The number of piperidine rings is 1. The number of urea groups is 1. The zero-order valence-corrected chi connectivity index (χ0v) is 16.5. The lowest BCUT2D eigenvalue weighted by molar-refractivity contribution is 0.175. The number of amides is 2. The number of nitrogens with zero attached hydrogens (tertiary/aromatic N) is 4. The summed E-state index contributed by atoms with van der Waals surface area (Å²) in [6.07, 6.45) is 4.34. The first kappa shape index (κ1) is 19.1. The van der Waals surface area contributed by atoms with Gasteiger partial charge in [-0.05, 0) is 42.5 Å². The predicted octanol–water partition coefficient (Wildman–Crippen LogP) is 3.78. The normalized spacial score (nSPS) is 14.7. The van der Waals surface area contributed by atoms with Crippen LogP contribution >= 0.6 is 0 Å². The number of benzene rings is 1. The number of rotatable bonds is 5. The van der Waals surface area contributed by atoms with E-state index < -0.39 is 0 Å². The smallest absolute Gasteiger partial charge is 0.317 e. The van der Waals surface area contributed by atoms with Crippen molar-refractivity contribution >= 4 is 6.03 Å². The van der Waals surface area contributed by atoms with Crippen LogP contribution in [0.4, 0.5) is 4.79 Å². The Kier molecular flexibility index (Phi) is 5.84. The molecule has 1 fully saturated rings. The first-order valence-electron chi connectivity index (χ1n) is 10.1. The summed E-state index contributed by atoms with van der Waals surface area (Å²) in [5.41, 5.74) is 3.11. The van der Waals surface area contributed by atoms with Crippen molar-refractivity contribution in [3.63, 3.8) is 0 Å². The molecule has 1 saturated heterocycles. The van der Waals surface area contributed by atoms with Crippen molar-refractivity contribution in [2.45, 2.75) is 38.6 Å². The van der Waals surface area contributed by atoms with Crippen LogP contribution in [-0.2, 0) is 13.0 Å². The Bertz CT molecular complexity index is 931. The molecule has 3 heterocycles. The summed E-state index contributed by atoms with van der Waals surface area (Å²) in [5.74, 6) is 1.31. The highest BCUT2D eigenvalue weighted by atomic mass is 16.5. The molecule has 0 saturated carbocycles. The summed E-state index contributed by atoms with van der Waals surface area (Å²) in [4.78, 5) is 23.1. The largest absolute Gasteiger partial charge is 0.339 e. The third-order valence-corrected chi connectivity index (χ3v) is 5.34. The summed E-state index contributed by atoms with van der Waals surface area (Å²) in [7, 11) is 0. The van der Waals surface area contributed by atoms with Gasteiger partial charge in [-0.25, -0.2) is 4.79 Å². The van der Waals surface area contributed by atoms with Gasteiger partial charge in [-0.15, -0.1) is 0 Å². The van der Waals surface area contributed by atoms with Gasteiger partial charge in [-0.2, -0.15) is 4.98 Å². The van der Waals surface area contributed by atoms with E-state index in [2.05, 4.69) is 51.6 Å². The lowest BCUT2D eigenvalue weighted by Crippen LogP contribution is -2.43. The van der Waals surface area contributed by atoms with Crippen molar-refractivity contribution < 1.29 is 9.32 Å². The van der Waals surface area contributed by atoms with Crippen molar-refractivity contribution in [2.75, 3.05) is 13.1 Å². The lowest BCUT2D eigenvalue weighted by Gasteiger charge is -2.30. The first-order chi connectivity index (χ1) is 14.2. The Morgan fingerprint density at radius 3 is 2.59 bits per heavy atom. The molecule has 0 atom stereocenters. The van der Waals surface area contributed by atoms with E-state index in [4.69, 9.17) is 4.52 Å². The molecule has 1 aliphatic rings. The summed E-state index contributed by atoms with van der Waals surface area (Å²) in [6.45, 7) is 4.02. The SMILES string of the molecule is CCc1ccc(CNC(=O)N2CCC(c3nc(-c4ccccn4)no3)CC2)cc1. The minimum Gasteiger partial charge on any atom is -0.339 e. The maximum Gasteiger partial charge on any atom is 0.317 e. The average Bonchev–Trinajstić information content (AvgIpc) is 3.29. The highest BCUT2D eigenvalue weighted by Gasteiger charge is 2.27. The molecule has 29 heavy (non-hydrogen) atoms. The Balaban J connectivity index is 1.27. The Morgan fingerprint density at radius 2 is 1.90 bits per heavy atom. The molecule has 0 unspecified atom stereocenters. The molecule has 150 valence electrons. The number of hydrogen-bond acceptors (Lipinski definition) is 5. The Morgan fingerprint density at radius 1 is 1.14 bits per heavy atom. The van der Waals surface area contributed by atoms with Gasteiger partial charge in [0.05, 0.1) is 0 Å². The van der Waals surface area contributed by atoms with Crippen LogP contribution in [0.15, 0.2) is 53.2 Å². The van der Waals surface area contributed by atoms with Gasteiger partial charge < -0.3 is 14.7 Å². The molecule has 0 aliphatic carbocycles. The molecular weight excluding hydrogens is 366 g/mol. The maximum absolute atomic E-state index is 12.5. The molecule has 7 nitrogen and oxygen atoms in total. The van der Waals surface area contributed by atoms with Crippen molar-refractivity contribution in [1.29, 1.82) is 0 Å². The van der Waals surface area contributed by atoms with Crippen LogP contribution in [0.1, 0.15) is 42.7 Å². The zero-order chi connectivity index (χ0) is 20.1. The molecule has 0 spiro atoms. The summed E-state index contributed by atoms with van der Waals surface area (Å²) in [6, 6.07) is 13.9. The molecular formula is C22H25N5O2. The van der Waals surface area contributed by atoms with E-state index in [1.54, 1.807) is 6.20 Å². The van der Waals surface area contributed by atoms with Gasteiger partial charge in [0.15, 0.2) is 0 Å². The molecule has 1 aromatic carbocycles. The van der Waals surface area contributed by atoms with E-state index in [9.17, 15) is 4.79 Å². The number of nitrogens with one attached hydrogen (secondary N) is 1. The third kappa shape index (κ3) is 4.62. The number of carbonyl (C=O) groups is 1. The number of aryl methyl sites for hydroxylation is 1. The number of pyridine rings is 1. The van der Waals surface area contributed by atoms with Gasteiger partial charge in [0.2, 0.25) is 11.7 Å². The van der Waals surface area contributed by atoms with E-state index in [0.717, 1.165) is 24.8 Å². The number of likely N-dealkylation sites (tertiary alicyclic amines) is 1. The average molecular weight is 391 g/mol. The lowest BCUT2D eigenvalue weighted by atomic mass is 9.97. The minimum absolute atomic E-state index is 0.0253. The van der Waals surface area contributed by atoms with Crippen LogP contribution < -0.4 is 5.32 Å². The van der Waals surface area contributed by atoms with E-state index in [0.29, 0.717) is 37.0 Å². The number of hydrogen-bond donors (Lipinski definition) is 1. The number of aromatic nitrogens is 3. The second-order valence-electron chi connectivity index (χ2n) is 7.26. The van der Waals surface area contributed by atoms with Crippen molar-refractivity contribution in [3.8, 4) is 11.5 Å². The molecule has 2 aromatic heterocycles. The molecule has 4 rings (SSSR count). The fraction of sp³-hybridized carbons (Fsp3) is 0.364. The quantitative estimate of drug-likeness (QED) is 0.715. The van der Waals surface area contributed by atoms with Crippen LogP contribution in [0.25, 0.3) is 11.5 Å². The van der Waals surface area contributed by atoms with Gasteiger partial charge in [0.1, 0.15) is 5.69 Å². The predicted molar refractivity (Wildman–Crippen MR) is 109 cm³/mol. The van der Waals surface area contributed by atoms with Gasteiger partial charge in [0, 0.05) is 31.7 Å². The Hall–Kier alpha value is -3.22. The molecule has 1 N–H and O–H groups in total. The molecule has 1 aliphatic heterocycles. The van der Waals surface area contributed by atoms with Gasteiger partial charge >= 0.3 is 6.03 Å². The highest BCUT2D eigenvalue weighted by Crippen LogP contribution is 2.28. The van der Waals surface area contributed by atoms with Gasteiger partial charge in [0.25, 0.3) is 0 Å². The summed E-state index contributed by atoms with van der Waals surface area (Å²) in [5, 5.41) is 7.06. The van der Waals surface area contributed by atoms with Crippen LogP contribution in [-0.4, -0.2) is 39.1 Å². The summed E-state index contributed by atoms with van der Waals surface area (Å²) < 4.78 is 5.46.